The van der Waals surface area contributed by atoms with Gasteiger partial charge in [0.25, 0.3) is 5.91 Å². The third-order valence-electron chi connectivity index (χ3n) is 5.88. The molecule has 8 heteroatoms. The van der Waals surface area contributed by atoms with Crippen molar-refractivity contribution in [1.82, 2.24) is 10.2 Å². The van der Waals surface area contributed by atoms with Gasteiger partial charge in [-0.15, -0.1) is 0 Å². The Hall–Kier alpha value is -3.42. The van der Waals surface area contributed by atoms with E-state index in [4.69, 9.17) is 28.6 Å². The highest BCUT2D eigenvalue weighted by Gasteiger charge is 2.53. The molecule has 1 unspecified atom stereocenters. The van der Waals surface area contributed by atoms with Crippen LogP contribution in [0, 0.1) is 0 Å². The van der Waals surface area contributed by atoms with Crippen molar-refractivity contribution in [2.45, 2.75) is 18.4 Å². The lowest BCUT2D eigenvalue weighted by atomic mass is 9.84. The summed E-state index contributed by atoms with van der Waals surface area (Å²) in [5.74, 6) is 0.0719. The smallest absolute Gasteiger partial charge is 0.257 e. The predicted molar refractivity (Wildman–Crippen MR) is 137 cm³/mol. The molecule has 1 fully saturated rings. The van der Waals surface area contributed by atoms with Crippen LogP contribution in [0.2, 0.25) is 5.02 Å². The van der Waals surface area contributed by atoms with Gasteiger partial charge in [0, 0.05) is 17.3 Å². The first-order valence-corrected chi connectivity index (χ1v) is 11.6. The van der Waals surface area contributed by atoms with Gasteiger partial charge < -0.3 is 20.3 Å². The van der Waals surface area contributed by atoms with E-state index in [1.807, 2.05) is 59.5 Å². The number of carbonyl (C=O) groups is 2. The van der Waals surface area contributed by atoms with Gasteiger partial charge in [0.2, 0.25) is 5.91 Å². The highest BCUT2D eigenvalue weighted by molar-refractivity contribution is 7.80. The molecule has 2 N–H and O–H groups in total. The average Bonchev–Trinajstić information content (AvgIpc) is 3.08. The van der Waals surface area contributed by atoms with E-state index in [1.54, 1.807) is 31.4 Å². The van der Waals surface area contributed by atoms with Crippen LogP contribution in [0.5, 0.6) is 5.75 Å². The van der Waals surface area contributed by atoms with Crippen molar-refractivity contribution in [3.63, 3.8) is 0 Å². The zero-order valence-electron chi connectivity index (χ0n) is 18.6. The largest absolute Gasteiger partial charge is 0.497 e. The van der Waals surface area contributed by atoms with Gasteiger partial charge in [-0.05, 0) is 66.2 Å². The Morgan fingerprint density at radius 2 is 1.74 bits per heavy atom. The van der Waals surface area contributed by atoms with Gasteiger partial charge >= 0.3 is 0 Å². The number of methoxy groups -OCH3 is 1. The molecule has 3 aromatic rings. The van der Waals surface area contributed by atoms with Crippen molar-refractivity contribution in [3.05, 3.63) is 95.0 Å². The van der Waals surface area contributed by atoms with Gasteiger partial charge in [-0.25, -0.2) is 0 Å². The number of nitrogens with one attached hydrogen (secondary N) is 2. The molecule has 0 spiro atoms. The van der Waals surface area contributed by atoms with Crippen molar-refractivity contribution in [1.29, 1.82) is 0 Å². The monoisotopic (exact) mass is 493 g/mol. The highest BCUT2D eigenvalue weighted by Crippen LogP contribution is 2.37. The van der Waals surface area contributed by atoms with E-state index in [9.17, 15) is 9.59 Å². The summed E-state index contributed by atoms with van der Waals surface area (Å²) in [5.41, 5.74) is 1.11. The molecule has 6 nitrogen and oxygen atoms in total. The normalized spacial score (nSPS) is 17.4. The molecule has 0 aromatic heterocycles. The molecule has 1 heterocycles. The van der Waals surface area contributed by atoms with E-state index < -0.39 is 5.54 Å². The Bertz CT molecular complexity index is 1190. The molecular weight excluding hydrogens is 470 g/mol. The van der Waals surface area contributed by atoms with Gasteiger partial charge in [-0.3, -0.25) is 9.59 Å². The molecule has 34 heavy (non-hydrogen) atoms. The standard InChI is InChI=1S/C26H24ClN3O3S/c1-33-22-13-11-21(12-14-22)28-23(31)17-26(19-5-3-2-4-6-19)24(32)29-25(34)30(26)16-15-18-7-9-20(27)10-8-18/h2-14H,15-17H2,1H3,(H,28,31)(H,29,32,34). The third kappa shape index (κ3) is 4.90. The summed E-state index contributed by atoms with van der Waals surface area (Å²) in [6, 6.07) is 23.9. The van der Waals surface area contributed by atoms with E-state index in [-0.39, 0.29) is 18.2 Å². The number of nitrogens with zero attached hydrogens (tertiary/aromatic N) is 1. The fourth-order valence-electron chi connectivity index (χ4n) is 4.14. The fraction of sp³-hybridized carbons (Fsp3) is 0.192. The minimum absolute atomic E-state index is 0.102. The van der Waals surface area contributed by atoms with Crippen LogP contribution in [0.15, 0.2) is 78.9 Å². The molecule has 2 amide bonds. The lowest BCUT2D eigenvalue weighted by Gasteiger charge is -2.36. The Labute approximate surface area is 208 Å². The maximum atomic E-state index is 13.4. The van der Waals surface area contributed by atoms with Crippen LogP contribution in [0.1, 0.15) is 17.5 Å². The van der Waals surface area contributed by atoms with Crippen molar-refractivity contribution >= 4 is 46.4 Å². The van der Waals surface area contributed by atoms with Crippen LogP contribution in [0.25, 0.3) is 0 Å². The number of halogens is 1. The fourth-order valence-corrected chi connectivity index (χ4v) is 4.60. The van der Waals surface area contributed by atoms with Gasteiger partial charge in [0.05, 0.1) is 13.5 Å². The second-order valence-corrected chi connectivity index (χ2v) is 8.79. The summed E-state index contributed by atoms with van der Waals surface area (Å²) in [5, 5.41) is 6.64. The van der Waals surface area contributed by atoms with Crippen LogP contribution >= 0.6 is 23.8 Å². The highest BCUT2D eigenvalue weighted by atomic mass is 35.5. The molecule has 0 bridgehead atoms. The van der Waals surface area contributed by atoms with Gasteiger partial charge in [0.15, 0.2) is 10.7 Å². The molecule has 4 rings (SSSR count). The third-order valence-corrected chi connectivity index (χ3v) is 6.46. The molecule has 0 radical (unpaired) electrons. The number of anilines is 1. The van der Waals surface area contributed by atoms with Crippen LogP contribution in [0.4, 0.5) is 5.69 Å². The van der Waals surface area contributed by atoms with Crippen molar-refractivity contribution in [3.8, 4) is 5.75 Å². The number of hydrogen-bond donors (Lipinski definition) is 2. The topological polar surface area (TPSA) is 70.7 Å². The average molecular weight is 494 g/mol. The van der Waals surface area contributed by atoms with Crippen molar-refractivity contribution in [2.24, 2.45) is 0 Å². The molecule has 1 aliphatic heterocycles. The molecule has 1 aliphatic rings. The van der Waals surface area contributed by atoms with E-state index >= 15 is 0 Å². The van der Waals surface area contributed by atoms with Crippen molar-refractivity contribution < 1.29 is 14.3 Å². The van der Waals surface area contributed by atoms with E-state index in [0.29, 0.717) is 40.1 Å². The number of thiocarbonyl (C=S) groups is 1. The van der Waals surface area contributed by atoms with Crippen LogP contribution in [0.3, 0.4) is 0 Å². The summed E-state index contributed by atoms with van der Waals surface area (Å²) in [7, 11) is 1.58. The quantitative estimate of drug-likeness (QED) is 0.451. The van der Waals surface area contributed by atoms with Crippen LogP contribution in [-0.2, 0) is 21.5 Å². The predicted octanol–water partition coefficient (Wildman–Crippen LogP) is 4.53. The summed E-state index contributed by atoms with van der Waals surface area (Å²) in [4.78, 5) is 28.4. The second-order valence-electron chi connectivity index (χ2n) is 7.97. The summed E-state index contributed by atoms with van der Waals surface area (Å²) < 4.78 is 5.17. The Balaban J connectivity index is 1.63. The number of rotatable bonds is 8. The first kappa shape index (κ1) is 23.7. The Kier molecular flexibility index (Phi) is 7.14. The molecule has 1 saturated heterocycles. The van der Waals surface area contributed by atoms with E-state index in [2.05, 4.69) is 10.6 Å². The lowest BCUT2D eigenvalue weighted by Crippen LogP contribution is -2.50. The SMILES string of the molecule is COc1ccc(NC(=O)CC2(c3ccccc3)C(=O)NC(=S)N2CCc2ccc(Cl)cc2)cc1. The van der Waals surface area contributed by atoms with Gasteiger partial charge in [0.1, 0.15) is 5.75 Å². The molecule has 174 valence electrons. The molecular formula is C26H24ClN3O3S. The molecule has 0 aliphatic carbocycles. The van der Waals surface area contributed by atoms with Crippen LogP contribution in [-0.4, -0.2) is 35.5 Å². The molecule has 3 aromatic carbocycles. The van der Waals surface area contributed by atoms with E-state index in [0.717, 1.165) is 5.56 Å². The number of hydrogen-bond acceptors (Lipinski definition) is 4. The van der Waals surface area contributed by atoms with Gasteiger partial charge in [-0.2, -0.15) is 0 Å². The number of benzene rings is 3. The lowest BCUT2D eigenvalue weighted by molar-refractivity contribution is -0.131. The minimum atomic E-state index is -1.26. The first-order valence-electron chi connectivity index (χ1n) is 10.8. The van der Waals surface area contributed by atoms with Crippen LogP contribution < -0.4 is 15.4 Å². The Morgan fingerprint density at radius 1 is 1.06 bits per heavy atom. The molecule has 1 atom stereocenters. The number of carbonyl (C=O) groups excluding carboxylic acids is 2. The Morgan fingerprint density at radius 3 is 2.38 bits per heavy atom. The summed E-state index contributed by atoms with van der Waals surface area (Å²) >= 11 is 11.6. The number of ether oxygens (including phenoxy) is 1. The number of amides is 2. The molecule has 0 saturated carbocycles. The zero-order chi connectivity index (χ0) is 24.1. The van der Waals surface area contributed by atoms with E-state index in [1.165, 1.54) is 0 Å². The summed E-state index contributed by atoms with van der Waals surface area (Å²) in [6.07, 6.45) is 0.524. The minimum Gasteiger partial charge on any atom is -0.497 e. The first-order chi connectivity index (χ1) is 16.4. The maximum absolute atomic E-state index is 13.4. The maximum Gasteiger partial charge on any atom is 0.257 e. The van der Waals surface area contributed by atoms with Gasteiger partial charge in [-0.1, -0.05) is 54.1 Å². The second kappa shape index (κ2) is 10.2. The zero-order valence-corrected chi connectivity index (χ0v) is 20.2. The van der Waals surface area contributed by atoms with Crippen molar-refractivity contribution in [2.75, 3.05) is 19.0 Å². The summed E-state index contributed by atoms with van der Waals surface area (Å²) in [6.45, 7) is 0.448.